The van der Waals surface area contributed by atoms with Crippen molar-refractivity contribution >= 4 is 0 Å². The van der Waals surface area contributed by atoms with E-state index in [4.69, 9.17) is 0 Å². The molecule has 15 heavy (non-hydrogen) atoms. The van der Waals surface area contributed by atoms with Gasteiger partial charge in [0.1, 0.15) is 0 Å². The second kappa shape index (κ2) is 10.8. The van der Waals surface area contributed by atoms with Gasteiger partial charge in [-0.25, -0.2) is 12.2 Å². The minimum atomic E-state index is 0. The summed E-state index contributed by atoms with van der Waals surface area (Å²) in [6.45, 7) is 13.6. The summed E-state index contributed by atoms with van der Waals surface area (Å²) in [4.78, 5) is 2.35. The van der Waals surface area contributed by atoms with Crippen LogP contribution in [0.3, 0.4) is 0 Å². The van der Waals surface area contributed by atoms with Gasteiger partial charge in [0.2, 0.25) is 0 Å². The fourth-order valence-corrected chi connectivity index (χ4v) is 1.45. The van der Waals surface area contributed by atoms with Crippen molar-refractivity contribution in [2.45, 2.75) is 46.2 Å². The van der Waals surface area contributed by atoms with Gasteiger partial charge < -0.3 is 11.8 Å². The first kappa shape index (κ1) is 17.7. The average Bonchev–Trinajstić information content (AvgIpc) is 2.59. The molecule has 0 heterocycles. The van der Waals surface area contributed by atoms with Crippen molar-refractivity contribution < 1.29 is 26.2 Å². The first-order chi connectivity index (χ1) is 6.59. The van der Waals surface area contributed by atoms with Crippen LogP contribution in [0.5, 0.6) is 0 Å². The molecule has 0 N–H and O–H groups in total. The van der Waals surface area contributed by atoms with E-state index in [1.807, 2.05) is 12.2 Å². The van der Waals surface area contributed by atoms with E-state index in [-0.39, 0.29) is 26.2 Å². The fourth-order valence-electron chi connectivity index (χ4n) is 1.45. The van der Waals surface area contributed by atoms with Gasteiger partial charge in [0.15, 0.2) is 0 Å². The van der Waals surface area contributed by atoms with Crippen molar-refractivity contribution in [1.29, 1.82) is 0 Å². The minimum Gasteiger partial charge on any atom is -0.330 e. The monoisotopic (exact) mass is 283 g/mol. The molecule has 0 aliphatic heterocycles. The van der Waals surface area contributed by atoms with E-state index in [1.54, 1.807) is 0 Å². The van der Waals surface area contributed by atoms with Gasteiger partial charge in [-0.3, -0.25) is 6.08 Å². The predicted octanol–water partition coefficient (Wildman–Crippen LogP) is 3.24. The molecule has 0 aromatic heterocycles. The molecule has 1 nitrogen and oxygen atoms in total. The van der Waals surface area contributed by atoms with Crippen molar-refractivity contribution in [3.8, 4) is 0 Å². The average molecular weight is 285 g/mol. The second-order valence-corrected chi connectivity index (χ2v) is 3.93. The smallest absolute Gasteiger partial charge is 0.330 e. The summed E-state index contributed by atoms with van der Waals surface area (Å²) in [6.07, 6.45) is 10.0. The predicted molar refractivity (Wildman–Crippen MR) is 63.9 cm³/mol. The van der Waals surface area contributed by atoms with E-state index in [2.05, 4.69) is 51.7 Å². The Morgan fingerprint density at radius 3 is 1.87 bits per heavy atom. The van der Waals surface area contributed by atoms with Crippen molar-refractivity contribution in [3.05, 3.63) is 31.2 Å². The van der Waals surface area contributed by atoms with Crippen LogP contribution < -0.4 is 0 Å². The van der Waals surface area contributed by atoms with Gasteiger partial charge in [0.05, 0.1) is 0 Å². The van der Waals surface area contributed by atoms with Crippen LogP contribution in [0.1, 0.15) is 34.1 Å². The Balaban J connectivity index is 0. The summed E-state index contributed by atoms with van der Waals surface area (Å²) in [6, 6.07) is 1.25. The van der Waals surface area contributed by atoms with Crippen molar-refractivity contribution in [2.24, 2.45) is 0 Å². The molecule has 0 amide bonds. The normalized spacial score (nSPS) is 13.1. The van der Waals surface area contributed by atoms with Gasteiger partial charge in [-0.15, -0.1) is 13.0 Å². The maximum atomic E-state index is 3.85. The topological polar surface area (TPSA) is 3.24 Å². The molecule has 2 heteroatoms. The van der Waals surface area contributed by atoms with Gasteiger partial charge in [0, 0.05) is 12.1 Å². The van der Waals surface area contributed by atoms with E-state index >= 15 is 0 Å². The quantitative estimate of drug-likeness (QED) is 0.719. The molecule has 0 unspecified atom stereocenters. The van der Waals surface area contributed by atoms with E-state index in [0.717, 1.165) is 13.0 Å². The van der Waals surface area contributed by atoms with Crippen molar-refractivity contribution in [3.63, 3.8) is 0 Å². The van der Waals surface area contributed by atoms with E-state index < -0.39 is 0 Å². The fraction of sp³-hybridized carbons (Fsp3) is 0.615. The summed E-state index contributed by atoms with van der Waals surface area (Å²) >= 11 is 0. The zero-order valence-electron chi connectivity index (χ0n) is 10.5. The molecule has 0 saturated carbocycles. The Bertz CT molecular complexity index is 165. The van der Waals surface area contributed by atoms with Gasteiger partial charge in [-0.05, 0) is 27.7 Å². The third kappa shape index (κ3) is 9.26. The summed E-state index contributed by atoms with van der Waals surface area (Å²) in [5, 5.41) is 0. The number of hydrogen-bond donors (Lipinski definition) is 0. The van der Waals surface area contributed by atoms with Crippen LogP contribution in [0, 0.1) is 13.0 Å². The van der Waals surface area contributed by atoms with Crippen LogP contribution in [0.15, 0.2) is 18.2 Å². The first-order valence-electron chi connectivity index (χ1n) is 5.36. The summed E-state index contributed by atoms with van der Waals surface area (Å²) in [7, 11) is 0. The van der Waals surface area contributed by atoms with E-state index in [1.165, 1.54) is 0 Å². The Kier molecular flexibility index (Phi) is 12.8. The van der Waals surface area contributed by atoms with Gasteiger partial charge >= 0.3 is 26.2 Å². The molecule has 0 bridgehead atoms. The molecular weight excluding hydrogens is 261 g/mol. The third-order valence-corrected chi connectivity index (χ3v) is 2.17. The molecule has 1 rings (SSSR count). The van der Waals surface area contributed by atoms with Crippen LogP contribution in [0.25, 0.3) is 0 Å². The Morgan fingerprint density at radius 2 is 1.80 bits per heavy atom. The number of rotatable bonds is 3. The summed E-state index contributed by atoms with van der Waals surface area (Å²) in [5.41, 5.74) is 0. The van der Waals surface area contributed by atoms with Crippen LogP contribution in [-0.2, 0) is 26.2 Å². The number of nitrogens with zero attached hydrogens (tertiary/aromatic N) is 1. The number of hydrogen-bond acceptors (Lipinski definition) is 1. The Hall–Kier alpha value is 0.323. The van der Waals surface area contributed by atoms with E-state index in [9.17, 15) is 0 Å². The standard InChI is InChI=1S/C8H18N.C5H5.Zr/c1-6-9(7(2)3)8(4)5;1-2-4-5-3-1;/h7-8H,1,6H2,2-5H3;1-3H,4H2;/q2*-1;+2. The maximum absolute atomic E-state index is 3.85. The third-order valence-electron chi connectivity index (χ3n) is 2.17. The van der Waals surface area contributed by atoms with Crippen LogP contribution in [-0.4, -0.2) is 23.5 Å². The maximum Gasteiger partial charge on any atom is 2.00 e. The molecule has 0 fully saturated rings. The van der Waals surface area contributed by atoms with Crippen LogP contribution >= 0.6 is 0 Å². The molecule has 0 atom stereocenters. The molecule has 0 saturated heterocycles. The molecule has 0 aromatic rings. The first-order valence-corrected chi connectivity index (χ1v) is 5.36. The van der Waals surface area contributed by atoms with Gasteiger partial charge in [-0.2, -0.15) is 6.08 Å². The largest absolute Gasteiger partial charge is 2.00 e. The molecule has 1 aliphatic carbocycles. The Morgan fingerprint density at radius 1 is 1.27 bits per heavy atom. The molecule has 1 aliphatic rings. The zero-order valence-corrected chi connectivity index (χ0v) is 12.9. The molecule has 0 radical (unpaired) electrons. The van der Waals surface area contributed by atoms with E-state index in [0.29, 0.717) is 12.1 Å². The van der Waals surface area contributed by atoms with Crippen molar-refractivity contribution in [1.82, 2.24) is 4.90 Å². The van der Waals surface area contributed by atoms with Crippen molar-refractivity contribution in [2.75, 3.05) is 6.54 Å². The van der Waals surface area contributed by atoms with Gasteiger partial charge in [0.25, 0.3) is 0 Å². The SMILES string of the molecule is [C-]1=CC=CC1.[CH2-]CN(C(C)C)C(C)C.[Zr+2]. The summed E-state index contributed by atoms with van der Waals surface area (Å²) < 4.78 is 0. The van der Waals surface area contributed by atoms with Gasteiger partial charge in [-0.1, -0.05) is 0 Å². The number of allylic oxidation sites excluding steroid dienone is 4. The Labute approximate surface area is 115 Å². The minimum absolute atomic E-state index is 0. The summed E-state index contributed by atoms with van der Waals surface area (Å²) in [5.74, 6) is 0. The molecule has 84 valence electrons. The second-order valence-electron chi connectivity index (χ2n) is 3.93. The molecular formula is C13H23NZr. The zero-order chi connectivity index (χ0) is 11.0. The molecule has 0 spiro atoms. The van der Waals surface area contributed by atoms with Crippen LogP contribution in [0.2, 0.25) is 0 Å². The van der Waals surface area contributed by atoms with Crippen LogP contribution in [0.4, 0.5) is 0 Å². The molecule has 0 aromatic carbocycles.